The number of carbonyl (C=O) groups excluding carboxylic acids is 1. The number of carbonyl (C=O) groups is 2. The summed E-state index contributed by atoms with van der Waals surface area (Å²) in [6, 6.07) is 9.97. The van der Waals surface area contributed by atoms with Crippen LogP contribution in [0, 0.1) is 0 Å². The van der Waals surface area contributed by atoms with Crippen molar-refractivity contribution in [3.05, 3.63) is 65.5 Å². The molecule has 3 rings (SSSR count). The van der Waals surface area contributed by atoms with Gasteiger partial charge in [0, 0.05) is 24.5 Å². The Hall–Kier alpha value is -2.69. The molecule has 112 valence electrons. The second-order valence-corrected chi connectivity index (χ2v) is 5.22. The van der Waals surface area contributed by atoms with Crippen molar-refractivity contribution in [3.63, 3.8) is 0 Å². The molecule has 1 aliphatic rings. The van der Waals surface area contributed by atoms with Gasteiger partial charge in [-0.15, -0.1) is 0 Å². The van der Waals surface area contributed by atoms with E-state index in [0.717, 1.165) is 5.56 Å². The zero-order chi connectivity index (χ0) is 15.7. The van der Waals surface area contributed by atoms with Crippen LogP contribution in [-0.2, 0) is 4.79 Å². The van der Waals surface area contributed by atoms with E-state index >= 15 is 0 Å². The molecule has 0 saturated heterocycles. The molecule has 22 heavy (non-hydrogen) atoms. The van der Waals surface area contributed by atoms with Gasteiger partial charge in [-0.2, -0.15) is 0 Å². The predicted molar refractivity (Wildman–Crippen MR) is 80.5 cm³/mol. The lowest BCUT2D eigenvalue weighted by Crippen LogP contribution is -2.44. The van der Waals surface area contributed by atoms with Crippen LogP contribution in [-0.4, -0.2) is 33.4 Å². The molecule has 5 heteroatoms. The molecule has 2 aromatic rings. The number of amides is 1. The zero-order valence-corrected chi connectivity index (χ0v) is 12.1. The number of aliphatic carboxylic acids is 1. The molecule has 0 bridgehead atoms. The van der Waals surface area contributed by atoms with Crippen LogP contribution < -0.4 is 0 Å². The van der Waals surface area contributed by atoms with Gasteiger partial charge < -0.3 is 10.0 Å². The highest BCUT2D eigenvalue weighted by atomic mass is 16.4. The maximum absolute atomic E-state index is 12.7. The number of benzene rings is 1. The Balaban J connectivity index is 2.22. The molecule has 0 fully saturated rings. The van der Waals surface area contributed by atoms with Crippen LogP contribution in [0.25, 0.3) is 0 Å². The number of hydrogen-bond acceptors (Lipinski definition) is 3. The average Bonchev–Trinajstić information content (AvgIpc) is 2.55. The maximum Gasteiger partial charge on any atom is 0.313 e. The van der Waals surface area contributed by atoms with Gasteiger partial charge >= 0.3 is 5.97 Å². The summed E-state index contributed by atoms with van der Waals surface area (Å²) in [7, 11) is 0. The fraction of sp³-hybridized carbons (Fsp3) is 0.235. The van der Waals surface area contributed by atoms with E-state index in [2.05, 4.69) is 4.98 Å². The minimum Gasteiger partial charge on any atom is -0.481 e. The Morgan fingerprint density at radius 1 is 1.23 bits per heavy atom. The van der Waals surface area contributed by atoms with E-state index in [9.17, 15) is 14.7 Å². The summed E-state index contributed by atoms with van der Waals surface area (Å²) in [5, 5.41) is 9.76. The summed E-state index contributed by atoms with van der Waals surface area (Å²) in [6.45, 7) is 2.31. The van der Waals surface area contributed by atoms with E-state index in [1.54, 1.807) is 53.7 Å². The lowest BCUT2D eigenvalue weighted by Gasteiger charge is -2.40. The molecule has 1 N–H and O–H groups in total. The topological polar surface area (TPSA) is 70.5 Å². The van der Waals surface area contributed by atoms with Gasteiger partial charge in [-0.3, -0.25) is 14.6 Å². The van der Waals surface area contributed by atoms with Gasteiger partial charge in [-0.1, -0.05) is 18.2 Å². The second kappa shape index (κ2) is 5.60. The standard InChI is InChI=1S/C17H16N2O3/c1-2-19-15(11-7-9-18-10-8-11)14(17(21)22)12-5-3-4-6-13(12)16(19)20/h3-10,14-15H,2H2,1H3,(H,21,22). The molecular weight excluding hydrogens is 280 g/mol. The second-order valence-electron chi connectivity index (χ2n) is 5.22. The minimum absolute atomic E-state index is 0.127. The number of aromatic nitrogens is 1. The van der Waals surface area contributed by atoms with Crippen molar-refractivity contribution in [3.8, 4) is 0 Å². The number of fused-ring (bicyclic) bond motifs is 1. The fourth-order valence-corrected chi connectivity index (χ4v) is 3.14. The van der Waals surface area contributed by atoms with Gasteiger partial charge in [0.1, 0.15) is 5.92 Å². The molecule has 1 amide bonds. The number of carboxylic acid groups (broad SMARTS) is 1. The normalized spacial score (nSPS) is 20.6. The molecule has 2 heterocycles. The molecule has 1 aromatic carbocycles. The van der Waals surface area contributed by atoms with E-state index in [-0.39, 0.29) is 5.91 Å². The van der Waals surface area contributed by atoms with Crippen molar-refractivity contribution in [2.75, 3.05) is 6.54 Å². The van der Waals surface area contributed by atoms with Crippen LogP contribution in [0.4, 0.5) is 0 Å². The van der Waals surface area contributed by atoms with Gasteiger partial charge in [0.15, 0.2) is 0 Å². The molecule has 0 aliphatic carbocycles. The minimum atomic E-state index is -0.930. The quantitative estimate of drug-likeness (QED) is 0.944. The summed E-state index contributed by atoms with van der Waals surface area (Å²) < 4.78 is 0. The number of nitrogens with zero attached hydrogens (tertiary/aromatic N) is 2. The van der Waals surface area contributed by atoms with E-state index in [4.69, 9.17) is 0 Å². The first kappa shape index (κ1) is 14.3. The number of hydrogen-bond donors (Lipinski definition) is 1. The first-order valence-electron chi connectivity index (χ1n) is 7.17. The van der Waals surface area contributed by atoms with Crippen molar-refractivity contribution in [1.82, 2.24) is 9.88 Å². The molecule has 2 atom stereocenters. The Morgan fingerprint density at radius 2 is 1.91 bits per heavy atom. The Bertz CT molecular complexity index is 715. The predicted octanol–water partition coefficient (Wildman–Crippen LogP) is 2.47. The van der Waals surface area contributed by atoms with Gasteiger partial charge in [-0.25, -0.2) is 0 Å². The van der Waals surface area contributed by atoms with Gasteiger partial charge in [0.05, 0.1) is 6.04 Å². The van der Waals surface area contributed by atoms with Crippen LogP contribution in [0.15, 0.2) is 48.8 Å². The lowest BCUT2D eigenvalue weighted by atomic mass is 9.80. The third-order valence-electron chi connectivity index (χ3n) is 4.09. The van der Waals surface area contributed by atoms with Crippen LogP contribution in [0.5, 0.6) is 0 Å². The summed E-state index contributed by atoms with van der Waals surface area (Å²) in [5.74, 6) is -1.84. The Labute approximate surface area is 128 Å². The van der Waals surface area contributed by atoms with Crippen LogP contribution in [0.2, 0.25) is 0 Å². The van der Waals surface area contributed by atoms with Crippen molar-refractivity contribution in [2.45, 2.75) is 18.9 Å². The number of carboxylic acids is 1. The van der Waals surface area contributed by atoms with E-state index < -0.39 is 17.9 Å². The third kappa shape index (κ3) is 2.15. The molecule has 0 saturated carbocycles. The van der Waals surface area contributed by atoms with Crippen molar-refractivity contribution in [1.29, 1.82) is 0 Å². The molecule has 2 unspecified atom stereocenters. The number of pyridine rings is 1. The third-order valence-corrected chi connectivity index (χ3v) is 4.09. The molecule has 1 aromatic heterocycles. The Morgan fingerprint density at radius 3 is 2.55 bits per heavy atom. The van der Waals surface area contributed by atoms with Crippen LogP contribution >= 0.6 is 0 Å². The maximum atomic E-state index is 12.7. The van der Waals surface area contributed by atoms with Crippen molar-refractivity contribution >= 4 is 11.9 Å². The summed E-state index contributed by atoms with van der Waals surface area (Å²) in [6.07, 6.45) is 3.24. The van der Waals surface area contributed by atoms with Gasteiger partial charge in [-0.05, 0) is 36.2 Å². The van der Waals surface area contributed by atoms with Crippen molar-refractivity contribution in [2.24, 2.45) is 0 Å². The lowest BCUT2D eigenvalue weighted by molar-refractivity contribution is -0.140. The number of likely N-dealkylation sites (N-methyl/N-ethyl adjacent to an activating group) is 1. The van der Waals surface area contributed by atoms with E-state index in [1.807, 2.05) is 6.92 Å². The van der Waals surface area contributed by atoms with E-state index in [1.165, 1.54) is 0 Å². The molecule has 0 radical (unpaired) electrons. The molecule has 1 aliphatic heterocycles. The van der Waals surface area contributed by atoms with E-state index in [0.29, 0.717) is 17.7 Å². The summed E-state index contributed by atoms with van der Waals surface area (Å²) >= 11 is 0. The van der Waals surface area contributed by atoms with Gasteiger partial charge in [0.25, 0.3) is 5.91 Å². The SMILES string of the molecule is CCN1C(=O)c2ccccc2C(C(=O)O)C1c1ccncc1. The average molecular weight is 296 g/mol. The monoisotopic (exact) mass is 296 g/mol. The largest absolute Gasteiger partial charge is 0.481 e. The van der Waals surface area contributed by atoms with Crippen molar-refractivity contribution < 1.29 is 14.7 Å². The molecular formula is C17H16N2O3. The first-order chi connectivity index (χ1) is 10.6. The number of rotatable bonds is 3. The highest BCUT2D eigenvalue weighted by Gasteiger charge is 2.43. The highest BCUT2D eigenvalue weighted by molar-refractivity contribution is 6.00. The van der Waals surface area contributed by atoms with Crippen LogP contribution in [0.3, 0.4) is 0 Å². The molecule has 0 spiro atoms. The fourth-order valence-electron chi connectivity index (χ4n) is 3.14. The molecule has 5 nitrogen and oxygen atoms in total. The van der Waals surface area contributed by atoms with Gasteiger partial charge in [0.2, 0.25) is 0 Å². The smallest absolute Gasteiger partial charge is 0.313 e. The zero-order valence-electron chi connectivity index (χ0n) is 12.1. The highest BCUT2D eigenvalue weighted by Crippen LogP contribution is 2.42. The van der Waals surface area contributed by atoms with Crippen LogP contribution in [0.1, 0.15) is 40.4 Å². The summed E-state index contributed by atoms with van der Waals surface area (Å²) in [4.78, 5) is 30.2. The summed E-state index contributed by atoms with van der Waals surface area (Å²) in [5.41, 5.74) is 1.83. The first-order valence-corrected chi connectivity index (χ1v) is 7.17. The Kier molecular flexibility index (Phi) is 3.63.